The topological polar surface area (TPSA) is 87.4 Å². The summed E-state index contributed by atoms with van der Waals surface area (Å²) in [4.78, 5) is 22.1. The number of hydrogen-bond donors (Lipinski definition) is 1. The molecule has 0 fully saturated rings. The Morgan fingerprint density at radius 1 is 1.47 bits per heavy atom. The number of esters is 1. The van der Waals surface area contributed by atoms with Crippen molar-refractivity contribution in [3.8, 4) is 6.07 Å². The van der Waals surface area contributed by atoms with Gasteiger partial charge in [0.05, 0.1) is 23.8 Å². The zero-order valence-electron chi connectivity index (χ0n) is 7.85. The van der Waals surface area contributed by atoms with Crippen LogP contribution in [0.2, 0.25) is 0 Å². The van der Waals surface area contributed by atoms with E-state index in [1.165, 1.54) is 18.2 Å². The van der Waals surface area contributed by atoms with E-state index in [0.29, 0.717) is 0 Å². The highest BCUT2D eigenvalue weighted by molar-refractivity contribution is 6.04. The molecule has 5 heteroatoms. The van der Waals surface area contributed by atoms with Crippen molar-refractivity contribution in [3.05, 3.63) is 34.9 Å². The Balaban J connectivity index is 3.47. The van der Waals surface area contributed by atoms with Crippen molar-refractivity contribution in [2.45, 2.75) is 0 Å². The first-order valence-electron chi connectivity index (χ1n) is 3.96. The minimum Gasteiger partial charge on any atom is -0.478 e. The van der Waals surface area contributed by atoms with E-state index in [0.717, 1.165) is 7.11 Å². The molecule has 1 N–H and O–H groups in total. The van der Waals surface area contributed by atoms with E-state index < -0.39 is 11.9 Å². The Morgan fingerprint density at radius 3 is 2.60 bits per heavy atom. The zero-order chi connectivity index (χ0) is 11.4. The van der Waals surface area contributed by atoms with Crippen molar-refractivity contribution in [2.24, 2.45) is 0 Å². The number of rotatable bonds is 2. The van der Waals surface area contributed by atoms with Crippen LogP contribution in [0, 0.1) is 11.3 Å². The number of aromatic carboxylic acids is 1. The van der Waals surface area contributed by atoms with Gasteiger partial charge in [0.1, 0.15) is 6.07 Å². The summed E-state index contributed by atoms with van der Waals surface area (Å²) in [6.07, 6.45) is 0. The quantitative estimate of drug-likeness (QED) is 0.729. The molecular formula is C10H7NO4. The number of carbonyl (C=O) groups excluding carboxylic acids is 1. The summed E-state index contributed by atoms with van der Waals surface area (Å²) in [5.41, 5.74) is -0.513. The number of carboxylic acids is 1. The summed E-state index contributed by atoms with van der Waals surface area (Å²) in [5.74, 6) is -2.10. The van der Waals surface area contributed by atoms with Gasteiger partial charge < -0.3 is 9.84 Å². The third-order valence-corrected chi connectivity index (χ3v) is 1.80. The highest BCUT2D eigenvalue weighted by atomic mass is 16.5. The molecule has 0 unspecified atom stereocenters. The lowest BCUT2D eigenvalue weighted by atomic mass is 10.0. The maximum absolute atomic E-state index is 11.2. The molecule has 0 aliphatic rings. The van der Waals surface area contributed by atoms with Crippen molar-refractivity contribution in [3.63, 3.8) is 0 Å². The Bertz CT molecular complexity index is 459. The first kappa shape index (κ1) is 10.7. The first-order valence-corrected chi connectivity index (χ1v) is 3.96. The molecule has 1 rings (SSSR count). The second-order valence-electron chi connectivity index (χ2n) is 2.64. The molecule has 0 aliphatic heterocycles. The lowest BCUT2D eigenvalue weighted by Crippen LogP contribution is -2.11. The molecule has 0 heterocycles. The predicted molar refractivity (Wildman–Crippen MR) is 49.5 cm³/mol. The lowest BCUT2D eigenvalue weighted by Gasteiger charge is -2.04. The summed E-state index contributed by atoms with van der Waals surface area (Å²) in [5, 5.41) is 17.5. The maximum atomic E-state index is 11.2. The van der Waals surface area contributed by atoms with Gasteiger partial charge in [-0.3, -0.25) is 0 Å². The van der Waals surface area contributed by atoms with Gasteiger partial charge in [-0.05, 0) is 12.1 Å². The molecule has 0 radical (unpaired) electrons. The van der Waals surface area contributed by atoms with Gasteiger partial charge in [0.25, 0.3) is 0 Å². The Kier molecular flexibility index (Phi) is 3.03. The van der Waals surface area contributed by atoms with Gasteiger partial charge in [-0.15, -0.1) is 0 Å². The van der Waals surface area contributed by atoms with Crippen molar-refractivity contribution in [1.82, 2.24) is 0 Å². The van der Waals surface area contributed by atoms with Crippen molar-refractivity contribution in [1.29, 1.82) is 5.26 Å². The Labute approximate surface area is 85.5 Å². The fraction of sp³-hybridized carbons (Fsp3) is 0.100. The molecule has 0 amide bonds. The second kappa shape index (κ2) is 4.24. The van der Waals surface area contributed by atoms with Crippen LogP contribution in [-0.4, -0.2) is 24.2 Å². The van der Waals surface area contributed by atoms with E-state index in [1.54, 1.807) is 6.07 Å². The second-order valence-corrected chi connectivity index (χ2v) is 2.64. The van der Waals surface area contributed by atoms with E-state index in [9.17, 15) is 9.59 Å². The molecule has 76 valence electrons. The number of benzene rings is 1. The molecule has 1 aromatic rings. The molecule has 1 aromatic carbocycles. The van der Waals surface area contributed by atoms with Crippen LogP contribution < -0.4 is 0 Å². The third-order valence-electron chi connectivity index (χ3n) is 1.80. The number of hydrogen-bond acceptors (Lipinski definition) is 4. The monoisotopic (exact) mass is 205 g/mol. The smallest absolute Gasteiger partial charge is 0.338 e. The highest BCUT2D eigenvalue weighted by Crippen LogP contribution is 2.15. The van der Waals surface area contributed by atoms with Crippen LogP contribution in [0.15, 0.2) is 18.2 Å². The summed E-state index contributed by atoms with van der Waals surface area (Å²) in [7, 11) is 1.15. The lowest BCUT2D eigenvalue weighted by molar-refractivity contribution is 0.0582. The average molecular weight is 205 g/mol. The van der Waals surface area contributed by atoms with E-state index in [-0.39, 0.29) is 16.7 Å². The average Bonchev–Trinajstić information content (AvgIpc) is 2.26. The van der Waals surface area contributed by atoms with Crippen LogP contribution in [0.4, 0.5) is 0 Å². The molecular weight excluding hydrogens is 198 g/mol. The number of nitrogens with zero attached hydrogens (tertiary/aromatic N) is 1. The van der Waals surface area contributed by atoms with Gasteiger partial charge in [0, 0.05) is 0 Å². The normalized spacial score (nSPS) is 9.07. The van der Waals surface area contributed by atoms with E-state index >= 15 is 0 Å². The largest absolute Gasteiger partial charge is 0.478 e. The van der Waals surface area contributed by atoms with E-state index in [1.807, 2.05) is 0 Å². The number of carbonyl (C=O) groups is 2. The third kappa shape index (κ3) is 1.94. The summed E-state index contributed by atoms with van der Waals surface area (Å²) < 4.78 is 4.41. The van der Waals surface area contributed by atoms with Crippen LogP contribution in [0.5, 0.6) is 0 Å². The molecule has 15 heavy (non-hydrogen) atoms. The molecule has 0 saturated heterocycles. The molecule has 0 aromatic heterocycles. The minimum atomic E-state index is -1.33. The van der Waals surface area contributed by atoms with E-state index in [2.05, 4.69) is 4.74 Å². The summed E-state index contributed by atoms with van der Waals surface area (Å²) in [6, 6.07) is 5.77. The summed E-state index contributed by atoms with van der Waals surface area (Å²) >= 11 is 0. The molecule has 0 bridgehead atoms. The zero-order valence-corrected chi connectivity index (χ0v) is 7.85. The molecule has 0 aliphatic carbocycles. The molecule has 0 saturated carbocycles. The van der Waals surface area contributed by atoms with E-state index in [4.69, 9.17) is 10.4 Å². The number of methoxy groups -OCH3 is 1. The Hall–Kier alpha value is -2.35. The van der Waals surface area contributed by atoms with Crippen molar-refractivity contribution < 1.29 is 19.4 Å². The molecule has 0 spiro atoms. The van der Waals surface area contributed by atoms with Gasteiger partial charge in [0.2, 0.25) is 0 Å². The SMILES string of the molecule is COC(=O)c1cccc(C#N)c1C(=O)O. The van der Waals surface area contributed by atoms with Crippen LogP contribution in [0.25, 0.3) is 0 Å². The predicted octanol–water partition coefficient (Wildman–Crippen LogP) is 1.04. The van der Waals surface area contributed by atoms with Crippen LogP contribution in [-0.2, 0) is 4.74 Å². The van der Waals surface area contributed by atoms with Gasteiger partial charge >= 0.3 is 11.9 Å². The highest BCUT2D eigenvalue weighted by Gasteiger charge is 2.20. The van der Waals surface area contributed by atoms with Crippen LogP contribution in [0.1, 0.15) is 26.3 Å². The fourth-order valence-corrected chi connectivity index (χ4v) is 1.16. The van der Waals surface area contributed by atoms with Gasteiger partial charge in [-0.25, -0.2) is 9.59 Å². The standard InChI is InChI=1S/C10H7NO4/c1-15-10(14)7-4-2-3-6(5-11)8(7)9(12)13/h2-4H,1H3,(H,12,13). The fourth-order valence-electron chi connectivity index (χ4n) is 1.16. The Morgan fingerprint density at radius 2 is 2.13 bits per heavy atom. The first-order chi connectivity index (χ1) is 7.11. The van der Waals surface area contributed by atoms with Gasteiger partial charge in [-0.2, -0.15) is 5.26 Å². The van der Waals surface area contributed by atoms with Crippen LogP contribution in [0.3, 0.4) is 0 Å². The number of ether oxygens (including phenoxy) is 1. The van der Waals surface area contributed by atoms with Crippen molar-refractivity contribution >= 4 is 11.9 Å². The minimum absolute atomic E-state index is 0.0644. The number of nitriles is 1. The number of carboxylic acid groups (broad SMARTS) is 1. The van der Waals surface area contributed by atoms with Crippen molar-refractivity contribution in [2.75, 3.05) is 7.11 Å². The molecule has 5 nitrogen and oxygen atoms in total. The summed E-state index contributed by atoms with van der Waals surface area (Å²) in [6.45, 7) is 0. The van der Waals surface area contributed by atoms with Gasteiger partial charge in [-0.1, -0.05) is 6.07 Å². The maximum Gasteiger partial charge on any atom is 0.338 e. The molecule has 0 atom stereocenters. The van der Waals surface area contributed by atoms with Gasteiger partial charge in [0.15, 0.2) is 0 Å². The van der Waals surface area contributed by atoms with Crippen LogP contribution >= 0.6 is 0 Å².